The molecule has 28 heavy (non-hydrogen) atoms. The summed E-state index contributed by atoms with van der Waals surface area (Å²) in [6.45, 7) is -1.49. The molecule has 0 unspecified atom stereocenters. The van der Waals surface area contributed by atoms with Gasteiger partial charge in [-0.3, -0.25) is 4.79 Å². The average molecular weight is 411 g/mol. The van der Waals surface area contributed by atoms with Crippen molar-refractivity contribution >= 4 is 22.1 Å². The SMILES string of the molecule is Cc1ccc(S(=O)(=O)N(C)CC(=O)N/N=C\c2ccc(OC(F)F)cc2)cc1. The van der Waals surface area contributed by atoms with Gasteiger partial charge in [-0.25, -0.2) is 13.8 Å². The van der Waals surface area contributed by atoms with Crippen LogP contribution in [0.2, 0.25) is 0 Å². The molecular formula is C18H19F2N3O4S. The number of alkyl halides is 2. The van der Waals surface area contributed by atoms with Crippen molar-refractivity contribution in [2.75, 3.05) is 13.6 Å². The summed E-state index contributed by atoms with van der Waals surface area (Å²) < 4.78 is 54.2. The Hall–Kier alpha value is -2.85. The zero-order valence-electron chi connectivity index (χ0n) is 15.2. The summed E-state index contributed by atoms with van der Waals surface area (Å²) in [7, 11) is -2.51. The van der Waals surface area contributed by atoms with E-state index >= 15 is 0 Å². The Kier molecular flexibility index (Phi) is 7.18. The monoisotopic (exact) mass is 411 g/mol. The van der Waals surface area contributed by atoms with Crippen LogP contribution in [0.5, 0.6) is 5.75 Å². The predicted octanol–water partition coefficient (Wildman–Crippen LogP) is 2.37. The van der Waals surface area contributed by atoms with Crippen molar-refractivity contribution in [3.05, 3.63) is 59.7 Å². The zero-order valence-corrected chi connectivity index (χ0v) is 16.0. The van der Waals surface area contributed by atoms with Crippen LogP contribution in [0.3, 0.4) is 0 Å². The molecule has 10 heteroatoms. The van der Waals surface area contributed by atoms with Crippen LogP contribution >= 0.6 is 0 Å². The molecule has 0 saturated carbocycles. The highest BCUT2D eigenvalue weighted by Crippen LogP contribution is 2.15. The first kappa shape index (κ1) is 21.5. The van der Waals surface area contributed by atoms with E-state index in [1.54, 1.807) is 12.1 Å². The summed E-state index contributed by atoms with van der Waals surface area (Å²) in [4.78, 5) is 12.0. The molecule has 0 atom stereocenters. The lowest BCUT2D eigenvalue weighted by Gasteiger charge is -2.16. The van der Waals surface area contributed by atoms with Gasteiger partial charge in [0.25, 0.3) is 5.91 Å². The van der Waals surface area contributed by atoms with Gasteiger partial charge in [0.2, 0.25) is 10.0 Å². The highest BCUT2D eigenvalue weighted by molar-refractivity contribution is 7.89. The van der Waals surface area contributed by atoms with Crippen molar-refractivity contribution < 1.29 is 26.7 Å². The summed E-state index contributed by atoms with van der Waals surface area (Å²) in [6, 6.07) is 11.9. The van der Waals surface area contributed by atoms with Crippen LogP contribution < -0.4 is 10.2 Å². The molecule has 1 amide bonds. The number of nitrogens with one attached hydrogen (secondary N) is 1. The standard InChI is InChI=1S/C18H19F2N3O4S/c1-13-3-9-16(10-4-13)28(25,26)23(2)12-17(24)22-21-11-14-5-7-15(8-6-14)27-18(19)20/h3-11,18H,12H2,1-2H3,(H,22,24)/b21-11-. The van der Waals surface area contributed by atoms with Gasteiger partial charge in [-0.05, 0) is 48.9 Å². The molecule has 2 aromatic rings. The second-order valence-corrected chi connectivity index (χ2v) is 7.86. The first-order valence-electron chi connectivity index (χ1n) is 8.08. The summed E-state index contributed by atoms with van der Waals surface area (Å²) in [5.74, 6) is -0.633. The predicted molar refractivity (Wildman–Crippen MR) is 99.8 cm³/mol. The van der Waals surface area contributed by atoms with E-state index in [-0.39, 0.29) is 10.6 Å². The molecule has 0 spiro atoms. The lowest BCUT2D eigenvalue weighted by atomic mass is 10.2. The van der Waals surface area contributed by atoms with Crippen molar-refractivity contribution in [2.24, 2.45) is 5.10 Å². The molecule has 0 aliphatic carbocycles. The van der Waals surface area contributed by atoms with Crippen molar-refractivity contribution in [1.29, 1.82) is 0 Å². The fraction of sp³-hybridized carbons (Fsp3) is 0.222. The molecule has 2 rings (SSSR count). The molecule has 0 fully saturated rings. The first-order valence-corrected chi connectivity index (χ1v) is 9.52. The Balaban J connectivity index is 1.90. The molecule has 0 aromatic heterocycles. The van der Waals surface area contributed by atoms with Crippen LogP contribution in [0, 0.1) is 6.92 Å². The lowest BCUT2D eigenvalue weighted by Crippen LogP contribution is -2.36. The minimum Gasteiger partial charge on any atom is -0.435 e. The number of hydrazone groups is 1. The molecule has 150 valence electrons. The number of likely N-dealkylation sites (N-methyl/N-ethyl adjacent to an activating group) is 1. The van der Waals surface area contributed by atoms with Gasteiger partial charge in [-0.15, -0.1) is 0 Å². The van der Waals surface area contributed by atoms with Crippen LogP contribution in [-0.4, -0.2) is 45.0 Å². The number of rotatable bonds is 8. The molecule has 1 N–H and O–H groups in total. The Labute approximate surface area is 161 Å². The van der Waals surface area contributed by atoms with E-state index < -0.39 is 29.1 Å². The van der Waals surface area contributed by atoms with Gasteiger partial charge in [0.15, 0.2) is 0 Å². The van der Waals surface area contributed by atoms with E-state index in [0.717, 1.165) is 9.87 Å². The Morgan fingerprint density at radius 2 is 1.79 bits per heavy atom. The number of nitrogens with zero attached hydrogens (tertiary/aromatic N) is 2. The number of carbonyl (C=O) groups is 1. The number of carbonyl (C=O) groups excluding carboxylic acids is 1. The van der Waals surface area contributed by atoms with E-state index in [0.29, 0.717) is 5.56 Å². The number of sulfonamides is 1. The number of hydrogen-bond donors (Lipinski definition) is 1. The maximum atomic E-state index is 12.4. The molecule has 2 aromatic carbocycles. The first-order chi connectivity index (χ1) is 13.2. The maximum Gasteiger partial charge on any atom is 0.387 e. The van der Waals surface area contributed by atoms with E-state index in [1.807, 2.05) is 6.92 Å². The molecule has 0 bridgehead atoms. The van der Waals surface area contributed by atoms with Crippen LogP contribution in [-0.2, 0) is 14.8 Å². The third-order valence-electron chi connectivity index (χ3n) is 3.60. The Bertz CT molecular complexity index is 930. The van der Waals surface area contributed by atoms with Crippen LogP contribution in [0.1, 0.15) is 11.1 Å². The Morgan fingerprint density at radius 3 is 2.36 bits per heavy atom. The summed E-state index contributed by atoms with van der Waals surface area (Å²) >= 11 is 0. The van der Waals surface area contributed by atoms with Gasteiger partial charge in [0.05, 0.1) is 17.7 Å². The smallest absolute Gasteiger partial charge is 0.387 e. The van der Waals surface area contributed by atoms with Crippen LogP contribution in [0.25, 0.3) is 0 Å². The second kappa shape index (κ2) is 9.38. The van der Waals surface area contributed by atoms with Crippen LogP contribution in [0.4, 0.5) is 8.78 Å². The van der Waals surface area contributed by atoms with Gasteiger partial charge >= 0.3 is 6.61 Å². The normalized spacial score (nSPS) is 11.9. The average Bonchev–Trinajstić information content (AvgIpc) is 2.63. The minimum atomic E-state index is -3.80. The van der Waals surface area contributed by atoms with Gasteiger partial charge in [-0.1, -0.05) is 17.7 Å². The van der Waals surface area contributed by atoms with Gasteiger partial charge in [-0.2, -0.15) is 18.2 Å². The lowest BCUT2D eigenvalue weighted by molar-refractivity contribution is -0.121. The second-order valence-electron chi connectivity index (χ2n) is 5.81. The van der Waals surface area contributed by atoms with Gasteiger partial charge in [0, 0.05) is 7.05 Å². The highest BCUT2D eigenvalue weighted by Gasteiger charge is 2.22. The molecule has 7 nitrogen and oxygen atoms in total. The van der Waals surface area contributed by atoms with Crippen molar-refractivity contribution in [3.8, 4) is 5.75 Å². The molecule has 0 heterocycles. The summed E-state index contributed by atoms with van der Waals surface area (Å²) in [6.07, 6.45) is 1.29. The number of amides is 1. The Morgan fingerprint density at radius 1 is 1.18 bits per heavy atom. The van der Waals surface area contributed by atoms with E-state index in [1.165, 1.54) is 49.7 Å². The zero-order chi connectivity index (χ0) is 20.7. The molecule has 0 aliphatic rings. The summed E-state index contributed by atoms with van der Waals surface area (Å²) in [5, 5.41) is 3.72. The number of halogens is 2. The maximum absolute atomic E-state index is 12.4. The summed E-state index contributed by atoms with van der Waals surface area (Å²) in [5.41, 5.74) is 3.66. The number of hydrogen-bond acceptors (Lipinski definition) is 5. The topological polar surface area (TPSA) is 88.1 Å². The van der Waals surface area contributed by atoms with E-state index in [4.69, 9.17) is 0 Å². The molecular weight excluding hydrogens is 392 g/mol. The van der Waals surface area contributed by atoms with Gasteiger partial charge in [0.1, 0.15) is 5.75 Å². The minimum absolute atomic E-state index is 0.000812. The third-order valence-corrected chi connectivity index (χ3v) is 5.42. The van der Waals surface area contributed by atoms with Crippen LogP contribution in [0.15, 0.2) is 58.5 Å². The fourth-order valence-corrected chi connectivity index (χ4v) is 3.25. The highest BCUT2D eigenvalue weighted by atomic mass is 32.2. The number of benzene rings is 2. The van der Waals surface area contributed by atoms with Gasteiger partial charge < -0.3 is 4.74 Å². The van der Waals surface area contributed by atoms with Crippen molar-refractivity contribution in [3.63, 3.8) is 0 Å². The third kappa shape index (κ3) is 6.10. The number of aryl methyl sites for hydroxylation is 1. The molecule has 0 saturated heterocycles. The van der Waals surface area contributed by atoms with E-state index in [9.17, 15) is 22.0 Å². The number of ether oxygens (including phenoxy) is 1. The molecule has 0 aliphatic heterocycles. The quantitative estimate of drug-likeness (QED) is 0.534. The van der Waals surface area contributed by atoms with E-state index in [2.05, 4.69) is 15.3 Å². The van der Waals surface area contributed by atoms with Crippen molar-refractivity contribution in [2.45, 2.75) is 18.4 Å². The fourth-order valence-electron chi connectivity index (χ4n) is 2.13. The largest absolute Gasteiger partial charge is 0.435 e. The molecule has 0 radical (unpaired) electrons. The van der Waals surface area contributed by atoms with Crippen molar-refractivity contribution in [1.82, 2.24) is 9.73 Å².